The summed E-state index contributed by atoms with van der Waals surface area (Å²) in [6.45, 7) is 2.91. The van der Waals surface area contributed by atoms with Crippen LogP contribution in [0.3, 0.4) is 0 Å². The van der Waals surface area contributed by atoms with Gasteiger partial charge in [-0.15, -0.1) is 0 Å². The summed E-state index contributed by atoms with van der Waals surface area (Å²) >= 11 is 0. The van der Waals surface area contributed by atoms with Crippen molar-refractivity contribution in [2.24, 2.45) is 0 Å². The lowest BCUT2D eigenvalue weighted by molar-refractivity contribution is -0.153. The van der Waals surface area contributed by atoms with E-state index in [2.05, 4.69) is 34.9 Å². The van der Waals surface area contributed by atoms with Gasteiger partial charge in [-0.25, -0.2) is 9.59 Å². The fraction of sp³-hybridized carbons (Fsp3) is 0.333. The van der Waals surface area contributed by atoms with E-state index in [1.165, 1.54) is 11.1 Å². The molecule has 1 fully saturated rings. The highest BCUT2D eigenvalue weighted by Crippen LogP contribution is 2.44. The molecule has 1 saturated heterocycles. The molecule has 0 bridgehead atoms. The normalized spacial score (nSPS) is 16.6. The first-order valence-corrected chi connectivity index (χ1v) is 9.16. The van der Waals surface area contributed by atoms with E-state index in [0.717, 1.165) is 11.1 Å². The fourth-order valence-electron chi connectivity index (χ4n) is 3.76. The molecule has 6 heteroatoms. The van der Waals surface area contributed by atoms with Crippen LogP contribution in [-0.4, -0.2) is 43.9 Å². The first-order valence-electron chi connectivity index (χ1n) is 9.16. The van der Waals surface area contributed by atoms with E-state index in [9.17, 15) is 9.59 Å². The van der Waals surface area contributed by atoms with Gasteiger partial charge in [-0.1, -0.05) is 48.5 Å². The van der Waals surface area contributed by atoms with Crippen LogP contribution in [-0.2, 0) is 14.3 Å². The number of amides is 1. The third kappa shape index (κ3) is 3.06. The van der Waals surface area contributed by atoms with Gasteiger partial charge >= 0.3 is 12.1 Å². The van der Waals surface area contributed by atoms with Gasteiger partial charge in [0.15, 0.2) is 5.54 Å². The zero-order valence-corrected chi connectivity index (χ0v) is 15.2. The molecule has 0 unspecified atom stereocenters. The van der Waals surface area contributed by atoms with E-state index < -0.39 is 17.6 Å². The van der Waals surface area contributed by atoms with Crippen molar-refractivity contribution in [2.45, 2.75) is 18.4 Å². The minimum absolute atomic E-state index is 0.0128. The van der Waals surface area contributed by atoms with E-state index in [4.69, 9.17) is 9.47 Å². The molecule has 1 aliphatic carbocycles. The number of hydrogen-bond donors (Lipinski definition) is 2. The summed E-state index contributed by atoms with van der Waals surface area (Å²) in [5.41, 5.74) is 3.62. The molecule has 2 aliphatic rings. The van der Waals surface area contributed by atoms with E-state index in [-0.39, 0.29) is 19.1 Å². The van der Waals surface area contributed by atoms with Crippen LogP contribution in [0.5, 0.6) is 0 Å². The lowest BCUT2D eigenvalue weighted by Crippen LogP contribution is -2.73. The molecule has 0 spiro atoms. The standard InChI is InChI=1S/C21H22N2O4/c1-2-26-19(24)21(12-22-13-21)23-20(25)27-11-18-16-9-5-3-7-14(16)15-8-4-6-10-17(15)18/h3-10,18,22H,2,11-13H2,1H3,(H,23,25). The Morgan fingerprint density at radius 3 is 2.15 bits per heavy atom. The van der Waals surface area contributed by atoms with E-state index in [0.29, 0.717) is 13.1 Å². The number of benzene rings is 2. The minimum atomic E-state index is -1.03. The molecule has 27 heavy (non-hydrogen) atoms. The Morgan fingerprint density at radius 2 is 1.63 bits per heavy atom. The van der Waals surface area contributed by atoms with Crippen molar-refractivity contribution in [3.63, 3.8) is 0 Å². The van der Waals surface area contributed by atoms with Crippen LogP contribution < -0.4 is 10.6 Å². The van der Waals surface area contributed by atoms with Crippen molar-refractivity contribution in [3.05, 3.63) is 59.7 Å². The highest BCUT2D eigenvalue weighted by atomic mass is 16.6. The number of carbonyl (C=O) groups is 2. The third-order valence-electron chi connectivity index (χ3n) is 5.20. The highest BCUT2D eigenvalue weighted by molar-refractivity contribution is 5.87. The summed E-state index contributed by atoms with van der Waals surface area (Å²) < 4.78 is 10.6. The fourth-order valence-corrected chi connectivity index (χ4v) is 3.76. The van der Waals surface area contributed by atoms with Crippen molar-refractivity contribution in [3.8, 4) is 11.1 Å². The number of esters is 1. The Labute approximate surface area is 157 Å². The van der Waals surface area contributed by atoms with Crippen LogP contribution in [0.2, 0.25) is 0 Å². The van der Waals surface area contributed by atoms with E-state index in [1.54, 1.807) is 6.92 Å². The van der Waals surface area contributed by atoms with Crippen LogP contribution >= 0.6 is 0 Å². The van der Waals surface area contributed by atoms with Gasteiger partial charge in [-0.05, 0) is 29.2 Å². The quantitative estimate of drug-likeness (QED) is 0.795. The van der Waals surface area contributed by atoms with Crippen molar-refractivity contribution < 1.29 is 19.1 Å². The summed E-state index contributed by atoms with van der Waals surface area (Å²) in [4.78, 5) is 24.5. The largest absolute Gasteiger partial charge is 0.464 e. The van der Waals surface area contributed by atoms with Gasteiger partial charge < -0.3 is 20.1 Å². The average molecular weight is 366 g/mol. The molecule has 2 aromatic rings. The van der Waals surface area contributed by atoms with E-state index >= 15 is 0 Å². The van der Waals surface area contributed by atoms with Gasteiger partial charge in [0.1, 0.15) is 6.61 Å². The molecular formula is C21H22N2O4. The summed E-state index contributed by atoms with van der Waals surface area (Å²) in [7, 11) is 0. The second kappa shape index (κ2) is 7.04. The Bertz CT molecular complexity index is 830. The van der Waals surface area contributed by atoms with Gasteiger partial charge in [0.05, 0.1) is 6.61 Å². The van der Waals surface area contributed by atoms with Gasteiger partial charge in [-0.2, -0.15) is 0 Å². The van der Waals surface area contributed by atoms with Crippen molar-refractivity contribution in [1.82, 2.24) is 10.6 Å². The second-order valence-corrected chi connectivity index (χ2v) is 6.86. The number of nitrogens with one attached hydrogen (secondary N) is 2. The van der Waals surface area contributed by atoms with Crippen LogP contribution in [0.15, 0.2) is 48.5 Å². The molecule has 0 saturated carbocycles. The van der Waals surface area contributed by atoms with Crippen LogP contribution in [0.1, 0.15) is 24.0 Å². The third-order valence-corrected chi connectivity index (χ3v) is 5.20. The Kier molecular flexibility index (Phi) is 4.58. The summed E-state index contributed by atoms with van der Waals surface area (Å²) in [6, 6.07) is 16.3. The molecule has 6 nitrogen and oxygen atoms in total. The van der Waals surface area contributed by atoms with E-state index in [1.807, 2.05) is 24.3 Å². The topological polar surface area (TPSA) is 76.7 Å². The molecule has 1 heterocycles. The molecule has 0 aromatic heterocycles. The van der Waals surface area contributed by atoms with Gasteiger partial charge in [0.25, 0.3) is 0 Å². The SMILES string of the molecule is CCOC(=O)C1(NC(=O)OCC2c3ccccc3-c3ccccc32)CNC1. The molecule has 0 atom stereocenters. The maximum Gasteiger partial charge on any atom is 0.408 e. The number of alkyl carbamates (subject to hydrolysis) is 1. The number of hydrogen-bond acceptors (Lipinski definition) is 5. The number of rotatable bonds is 5. The minimum Gasteiger partial charge on any atom is -0.464 e. The van der Waals surface area contributed by atoms with Crippen LogP contribution in [0, 0.1) is 0 Å². The Hall–Kier alpha value is -2.86. The summed E-state index contributed by atoms with van der Waals surface area (Å²) in [5.74, 6) is -0.446. The van der Waals surface area contributed by atoms with Crippen LogP contribution in [0.4, 0.5) is 4.79 Å². The average Bonchev–Trinajstić information content (AvgIpc) is 2.97. The first kappa shape index (κ1) is 17.5. The lowest BCUT2D eigenvalue weighted by Gasteiger charge is -2.39. The molecule has 4 rings (SSSR count). The van der Waals surface area contributed by atoms with Crippen molar-refractivity contribution in [1.29, 1.82) is 0 Å². The second-order valence-electron chi connectivity index (χ2n) is 6.86. The molecule has 2 aromatic carbocycles. The number of ether oxygens (including phenoxy) is 2. The maximum absolute atomic E-state index is 12.4. The molecule has 140 valence electrons. The first-order chi connectivity index (χ1) is 13.1. The maximum atomic E-state index is 12.4. The van der Waals surface area contributed by atoms with Gasteiger partial charge in [0.2, 0.25) is 0 Å². The van der Waals surface area contributed by atoms with Crippen molar-refractivity contribution >= 4 is 12.1 Å². The highest BCUT2D eigenvalue weighted by Gasteiger charge is 2.47. The number of fused-ring (bicyclic) bond motifs is 3. The molecule has 0 radical (unpaired) electrons. The Balaban J connectivity index is 1.46. The van der Waals surface area contributed by atoms with Crippen LogP contribution in [0.25, 0.3) is 11.1 Å². The van der Waals surface area contributed by atoms with Gasteiger partial charge in [0, 0.05) is 19.0 Å². The Morgan fingerprint density at radius 1 is 1.04 bits per heavy atom. The monoisotopic (exact) mass is 366 g/mol. The predicted octanol–water partition coefficient (Wildman–Crippen LogP) is 2.43. The number of carbonyl (C=O) groups excluding carboxylic acids is 2. The molecule has 1 amide bonds. The lowest BCUT2D eigenvalue weighted by atomic mass is 9.93. The predicted molar refractivity (Wildman–Crippen MR) is 100 cm³/mol. The molecule has 1 aliphatic heterocycles. The summed E-state index contributed by atoms with van der Waals surface area (Å²) in [6.07, 6.45) is -0.605. The van der Waals surface area contributed by atoms with Gasteiger partial charge in [-0.3, -0.25) is 0 Å². The molecule has 2 N–H and O–H groups in total. The zero-order valence-electron chi connectivity index (χ0n) is 15.2. The zero-order chi connectivity index (χ0) is 18.9. The van der Waals surface area contributed by atoms with Crippen molar-refractivity contribution in [2.75, 3.05) is 26.3 Å². The molecular weight excluding hydrogens is 344 g/mol. The summed E-state index contributed by atoms with van der Waals surface area (Å²) in [5, 5.41) is 5.69. The smallest absolute Gasteiger partial charge is 0.408 e.